The second-order valence-corrected chi connectivity index (χ2v) is 1.42. The molecular weight excluding hydrogens is 114 g/mol. The fraction of sp³-hybridized carbons (Fsp3) is 0.667. The molecule has 1 unspecified atom stereocenters. The fourth-order valence-electron chi connectivity index (χ4n) is 0.278. The van der Waals surface area contributed by atoms with Gasteiger partial charge in [-0.3, -0.25) is 0 Å². The number of epoxide rings is 1. The van der Waals surface area contributed by atoms with Gasteiger partial charge < -0.3 is 20.3 Å². The maximum absolute atomic E-state index is 9.81. The van der Waals surface area contributed by atoms with Gasteiger partial charge in [0.25, 0.3) is 0 Å². The molecule has 1 heterocycles. The molecule has 5 heteroatoms. The Bertz CT molecular complexity index is 118. The Hall–Kier alpha value is -0.810. The van der Waals surface area contributed by atoms with Crippen LogP contribution in [0.3, 0.4) is 0 Å². The highest BCUT2D eigenvalue weighted by atomic mass is 16.9. The van der Waals surface area contributed by atoms with E-state index >= 15 is 0 Å². The molecule has 0 aromatic heterocycles. The van der Waals surface area contributed by atoms with Crippen molar-refractivity contribution in [2.75, 3.05) is 6.61 Å². The Morgan fingerprint density at radius 1 is 2.00 bits per heavy atom. The van der Waals surface area contributed by atoms with Gasteiger partial charge >= 0.3 is 12.1 Å². The average Bonchev–Trinajstić information content (AvgIpc) is 2.17. The van der Waals surface area contributed by atoms with Crippen LogP contribution in [0.1, 0.15) is 0 Å². The Morgan fingerprint density at radius 3 is 2.62 bits per heavy atom. The first-order valence-corrected chi connectivity index (χ1v) is 1.97. The summed E-state index contributed by atoms with van der Waals surface area (Å²) < 4.78 is 8.26. The number of ether oxygens (including phenoxy) is 2. The van der Waals surface area contributed by atoms with Crippen LogP contribution in [-0.2, 0) is 9.47 Å². The second-order valence-electron chi connectivity index (χ2n) is 1.42. The van der Waals surface area contributed by atoms with Gasteiger partial charge in [-0.25, -0.2) is 4.79 Å². The SMILES string of the molecule is NC(=O)OC1(O)CO1. The molecule has 0 spiro atoms. The molecule has 1 atom stereocenters. The fourth-order valence-corrected chi connectivity index (χ4v) is 0.278. The molecular formula is C3H5NO4. The van der Waals surface area contributed by atoms with Gasteiger partial charge in [0.1, 0.15) is 6.61 Å². The molecule has 1 rings (SSSR count). The molecule has 8 heavy (non-hydrogen) atoms. The van der Waals surface area contributed by atoms with Crippen molar-refractivity contribution >= 4 is 6.09 Å². The third-order valence-electron chi connectivity index (χ3n) is 0.651. The number of carbonyl (C=O) groups is 1. The van der Waals surface area contributed by atoms with Crippen molar-refractivity contribution in [1.29, 1.82) is 0 Å². The predicted molar refractivity (Wildman–Crippen MR) is 21.6 cm³/mol. The Balaban J connectivity index is 2.29. The zero-order valence-corrected chi connectivity index (χ0v) is 3.96. The van der Waals surface area contributed by atoms with Crippen molar-refractivity contribution in [3.05, 3.63) is 0 Å². The van der Waals surface area contributed by atoms with Crippen LogP contribution in [0, 0.1) is 0 Å². The molecule has 0 bridgehead atoms. The van der Waals surface area contributed by atoms with E-state index in [1.807, 2.05) is 0 Å². The highest BCUT2D eigenvalue weighted by Crippen LogP contribution is 2.23. The minimum Gasteiger partial charge on any atom is -0.389 e. The van der Waals surface area contributed by atoms with Crippen LogP contribution in [0.15, 0.2) is 0 Å². The quantitative estimate of drug-likeness (QED) is 0.334. The van der Waals surface area contributed by atoms with Gasteiger partial charge in [0.05, 0.1) is 0 Å². The average molecular weight is 119 g/mol. The number of nitrogens with two attached hydrogens (primary N) is 1. The van der Waals surface area contributed by atoms with E-state index in [0.717, 1.165) is 0 Å². The Labute approximate surface area is 45.0 Å². The standard InChI is InChI=1S/C3H5NO4/c4-2(5)8-3(6)1-7-3/h6H,1H2,(H2,4,5). The third kappa shape index (κ3) is 1.08. The van der Waals surface area contributed by atoms with E-state index in [9.17, 15) is 4.79 Å². The zero-order chi connectivity index (χ0) is 6.20. The van der Waals surface area contributed by atoms with Gasteiger partial charge in [-0.05, 0) is 0 Å². The van der Waals surface area contributed by atoms with Gasteiger partial charge in [0.15, 0.2) is 0 Å². The predicted octanol–water partition coefficient (Wildman–Crippen LogP) is -1.24. The summed E-state index contributed by atoms with van der Waals surface area (Å²) in [5, 5.41) is 8.55. The summed E-state index contributed by atoms with van der Waals surface area (Å²) in [5.41, 5.74) is 4.52. The van der Waals surface area contributed by atoms with Crippen LogP contribution in [0.2, 0.25) is 0 Å². The molecule has 1 saturated heterocycles. The largest absolute Gasteiger partial charge is 0.408 e. The van der Waals surface area contributed by atoms with Crippen LogP contribution in [0.5, 0.6) is 0 Å². The summed E-state index contributed by atoms with van der Waals surface area (Å²) in [6.07, 6.45) is -1.04. The highest BCUT2D eigenvalue weighted by Gasteiger charge is 2.47. The topological polar surface area (TPSA) is 85.1 Å². The minimum absolute atomic E-state index is 0.00986. The smallest absolute Gasteiger partial charge is 0.389 e. The lowest BCUT2D eigenvalue weighted by atomic mass is 10.8. The van der Waals surface area contributed by atoms with Crippen LogP contribution in [-0.4, -0.2) is 23.8 Å². The monoisotopic (exact) mass is 119 g/mol. The first-order chi connectivity index (χ1) is 3.62. The first-order valence-electron chi connectivity index (χ1n) is 1.97. The maximum atomic E-state index is 9.81. The number of primary amides is 1. The summed E-state index contributed by atoms with van der Waals surface area (Å²) in [5.74, 6) is -1.70. The second kappa shape index (κ2) is 1.33. The zero-order valence-electron chi connectivity index (χ0n) is 3.96. The van der Waals surface area contributed by atoms with Crippen LogP contribution in [0.25, 0.3) is 0 Å². The summed E-state index contributed by atoms with van der Waals surface area (Å²) >= 11 is 0. The van der Waals surface area contributed by atoms with Crippen molar-refractivity contribution in [2.24, 2.45) is 5.73 Å². The molecule has 1 aliphatic heterocycles. The molecule has 1 amide bonds. The van der Waals surface area contributed by atoms with E-state index in [0.29, 0.717) is 0 Å². The van der Waals surface area contributed by atoms with E-state index in [4.69, 9.17) is 5.11 Å². The summed E-state index contributed by atoms with van der Waals surface area (Å²) in [6, 6.07) is 0. The van der Waals surface area contributed by atoms with E-state index in [2.05, 4.69) is 15.2 Å². The number of carbonyl (C=O) groups excluding carboxylic acids is 1. The van der Waals surface area contributed by atoms with Gasteiger partial charge in [-0.1, -0.05) is 0 Å². The molecule has 1 aliphatic rings. The summed E-state index contributed by atoms with van der Waals surface area (Å²) in [7, 11) is 0. The van der Waals surface area contributed by atoms with Gasteiger partial charge in [-0.2, -0.15) is 0 Å². The lowest BCUT2D eigenvalue weighted by molar-refractivity contribution is -0.148. The summed E-state index contributed by atoms with van der Waals surface area (Å²) in [4.78, 5) is 9.81. The van der Waals surface area contributed by atoms with Crippen molar-refractivity contribution in [3.8, 4) is 0 Å². The Kier molecular flexibility index (Phi) is 0.887. The molecule has 0 saturated carbocycles. The van der Waals surface area contributed by atoms with Crippen LogP contribution < -0.4 is 5.73 Å². The maximum Gasteiger partial charge on any atom is 0.408 e. The van der Waals surface area contributed by atoms with E-state index < -0.39 is 12.1 Å². The number of amides is 1. The highest BCUT2D eigenvalue weighted by molar-refractivity contribution is 5.65. The van der Waals surface area contributed by atoms with Crippen molar-refractivity contribution < 1.29 is 19.4 Å². The van der Waals surface area contributed by atoms with Crippen molar-refractivity contribution in [3.63, 3.8) is 0 Å². The molecule has 0 aromatic rings. The summed E-state index contributed by atoms with van der Waals surface area (Å²) in [6.45, 7) is 0.00986. The number of rotatable bonds is 1. The minimum atomic E-state index is -1.70. The van der Waals surface area contributed by atoms with E-state index in [-0.39, 0.29) is 6.61 Å². The lowest BCUT2D eigenvalue weighted by Crippen LogP contribution is -2.24. The van der Waals surface area contributed by atoms with Gasteiger partial charge in [0.2, 0.25) is 0 Å². The number of hydrogen-bond donors (Lipinski definition) is 2. The normalized spacial score (nSPS) is 34.1. The van der Waals surface area contributed by atoms with E-state index in [1.165, 1.54) is 0 Å². The first kappa shape index (κ1) is 5.33. The molecule has 46 valence electrons. The van der Waals surface area contributed by atoms with Crippen molar-refractivity contribution in [2.45, 2.75) is 5.97 Å². The molecule has 1 fully saturated rings. The van der Waals surface area contributed by atoms with E-state index in [1.54, 1.807) is 0 Å². The van der Waals surface area contributed by atoms with Crippen molar-refractivity contribution in [1.82, 2.24) is 0 Å². The van der Waals surface area contributed by atoms with Crippen LogP contribution >= 0.6 is 0 Å². The Morgan fingerprint density at radius 2 is 2.50 bits per heavy atom. The third-order valence-corrected chi connectivity index (χ3v) is 0.651. The van der Waals surface area contributed by atoms with Gasteiger partial charge in [0, 0.05) is 0 Å². The number of aliphatic hydroxyl groups is 1. The molecule has 0 aliphatic carbocycles. The lowest BCUT2D eigenvalue weighted by Gasteiger charge is -2.00. The molecule has 0 aromatic carbocycles. The van der Waals surface area contributed by atoms with Crippen LogP contribution in [0.4, 0.5) is 4.79 Å². The molecule has 3 N–H and O–H groups in total. The number of hydrogen-bond acceptors (Lipinski definition) is 4. The molecule has 0 radical (unpaired) electrons. The van der Waals surface area contributed by atoms with Gasteiger partial charge in [-0.15, -0.1) is 0 Å². The molecule has 5 nitrogen and oxygen atoms in total.